The molecule has 1 rings (SSSR count). The summed E-state index contributed by atoms with van der Waals surface area (Å²) in [4.78, 5) is 11.0. The third kappa shape index (κ3) is 4.13. The predicted octanol–water partition coefficient (Wildman–Crippen LogP) is 3.32. The molecular formula is C14H17NO. The lowest BCUT2D eigenvalue weighted by molar-refractivity contribution is -0.111. The van der Waals surface area contributed by atoms with Crippen LogP contribution in [0.2, 0.25) is 0 Å². The molecule has 0 aromatic heterocycles. The molecule has 1 aromatic carbocycles. The van der Waals surface area contributed by atoms with Gasteiger partial charge in [-0.15, -0.1) is 0 Å². The van der Waals surface area contributed by atoms with Crippen molar-refractivity contribution in [1.82, 2.24) is 0 Å². The minimum absolute atomic E-state index is 0.179. The molecule has 0 radical (unpaired) electrons. The highest BCUT2D eigenvalue weighted by atomic mass is 16.1. The van der Waals surface area contributed by atoms with Crippen LogP contribution in [0.4, 0.5) is 5.69 Å². The van der Waals surface area contributed by atoms with E-state index >= 15 is 0 Å². The van der Waals surface area contributed by atoms with Gasteiger partial charge < -0.3 is 5.32 Å². The second-order valence-electron chi connectivity index (χ2n) is 3.50. The van der Waals surface area contributed by atoms with E-state index in [0.29, 0.717) is 0 Å². The first-order valence-electron chi connectivity index (χ1n) is 5.39. The lowest BCUT2D eigenvalue weighted by atomic mass is 10.1. The van der Waals surface area contributed by atoms with E-state index in [9.17, 15) is 4.79 Å². The summed E-state index contributed by atoms with van der Waals surface area (Å²) < 4.78 is 0. The molecule has 0 aliphatic carbocycles. The van der Waals surface area contributed by atoms with Gasteiger partial charge in [0.25, 0.3) is 0 Å². The van der Waals surface area contributed by atoms with Gasteiger partial charge in [-0.25, -0.2) is 0 Å². The van der Waals surface area contributed by atoms with Crippen molar-refractivity contribution in [3.63, 3.8) is 0 Å². The van der Waals surface area contributed by atoms with Crippen molar-refractivity contribution in [1.29, 1.82) is 0 Å². The first-order chi connectivity index (χ1) is 7.76. The third-order valence-electron chi connectivity index (χ3n) is 2.24. The zero-order valence-electron chi connectivity index (χ0n) is 9.57. The number of hydrogen-bond acceptors (Lipinski definition) is 1. The summed E-state index contributed by atoms with van der Waals surface area (Å²) in [7, 11) is 0. The van der Waals surface area contributed by atoms with Crippen LogP contribution in [0.15, 0.2) is 49.1 Å². The molecule has 0 saturated carbocycles. The second kappa shape index (κ2) is 6.62. The molecule has 0 atom stereocenters. The average molecular weight is 215 g/mol. The number of aryl methyl sites for hydroxylation is 1. The summed E-state index contributed by atoms with van der Waals surface area (Å²) in [6.45, 7) is 5.43. The first-order valence-corrected chi connectivity index (χ1v) is 5.39. The fourth-order valence-electron chi connectivity index (χ4n) is 1.36. The molecule has 2 nitrogen and oxygen atoms in total. The number of nitrogens with one attached hydrogen (secondary N) is 1. The van der Waals surface area contributed by atoms with Gasteiger partial charge in [0.1, 0.15) is 0 Å². The molecule has 0 unspecified atom stereocenters. The van der Waals surface area contributed by atoms with Crippen LogP contribution in [0.3, 0.4) is 0 Å². The molecule has 1 amide bonds. The minimum Gasteiger partial charge on any atom is -0.323 e. The number of hydrogen-bond donors (Lipinski definition) is 1. The number of amides is 1. The van der Waals surface area contributed by atoms with Crippen LogP contribution in [0.25, 0.3) is 0 Å². The maximum atomic E-state index is 11.0. The number of carbonyl (C=O) groups is 1. The monoisotopic (exact) mass is 215 g/mol. The van der Waals surface area contributed by atoms with E-state index < -0.39 is 0 Å². The molecule has 2 heteroatoms. The summed E-state index contributed by atoms with van der Waals surface area (Å²) in [5, 5.41) is 2.72. The molecule has 16 heavy (non-hydrogen) atoms. The molecule has 84 valence electrons. The molecule has 0 heterocycles. The van der Waals surface area contributed by atoms with E-state index in [1.165, 1.54) is 11.6 Å². The molecule has 0 aliphatic heterocycles. The van der Waals surface area contributed by atoms with Crippen LogP contribution in [-0.4, -0.2) is 5.91 Å². The second-order valence-corrected chi connectivity index (χ2v) is 3.50. The number of rotatable bonds is 5. The van der Waals surface area contributed by atoms with E-state index in [1.54, 1.807) is 0 Å². The molecule has 0 fully saturated rings. The van der Waals surface area contributed by atoms with E-state index in [-0.39, 0.29) is 5.91 Å². The largest absolute Gasteiger partial charge is 0.323 e. The van der Waals surface area contributed by atoms with Crippen molar-refractivity contribution in [2.45, 2.75) is 19.8 Å². The Kier molecular flexibility index (Phi) is 5.06. The summed E-state index contributed by atoms with van der Waals surface area (Å²) >= 11 is 0. The van der Waals surface area contributed by atoms with Crippen LogP contribution in [0.1, 0.15) is 18.9 Å². The van der Waals surface area contributed by atoms with Crippen LogP contribution in [0.5, 0.6) is 0 Å². The SMILES string of the molecule is C=CC(=O)Nc1ccc(CC/C=C/C)cc1. The van der Waals surface area contributed by atoms with Gasteiger partial charge >= 0.3 is 0 Å². The predicted molar refractivity (Wildman–Crippen MR) is 68.4 cm³/mol. The van der Waals surface area contributed by atoms with Crippen molar-refractivity contribution < 1.29 is 4.79 Å². The van der Waals surface area contributed by atoms with E-state index in [4.69, 9.17) is 0 Å². The summed E-state index contributed by atoms with van der Waals surface area (Å²) in [5.41, 5.74) is 2.08. The normalized spacial score (nSPS) is 10.3. The van der Waals surface area contributed by atoms with Crippen LogP contribution < -0.4 is 5.32 Å². The standard InChI is InChI=1S/C14H17NO/c1-3-5-6-7-12-8-10-13(11-9-12)15-14(16)4-2/h3-5,8-11H,2,6-7H2,1H3,(H,15,16)/b5-3+. The van der Waals surface area contributed by atoms with Gasteiger partial charge in [-0.05, 0) is 43.5 Å². The van der Waals surface area contributed by atoms with Gasteiger partial charge in [-0.1, -0.05) is 30.9 Å². The van der Waals surface area contributed by atoms with Crippen LogP contribution >= 0.6 is 0 Å². The molecule has 0 spiro atoms. The Labute approximate surface area is 96.7 Å². The number of benzene rings is 1. The molecule has 0 bridgehead atoms. The van der Waals surface area contributed by atoms with Crippen molar-refractivity contribution in [2.24, 2.45) is 0 Å². The number of allylic oxidation sites excluding steroid dienone is 2. The van der Waals surface area contributed by atoms with Gasteiger partial charge in [0.2, 0.25) is 5.91 Å². The lowest BCUT2D eigenvalue weighted by Crippen LogP contribution is -2.06. The van der Waals surface area contributed by atoms with Gasteiger partial charge in [0, 0.05) is 5.69 Å². The maximum absolute atomic E-state index is 11.0. The highest BCUT2D eigenvalue weighted by Crippen LogP contribution is 2.11. The number of carbonyl (C=O) groups excluding carboxylic acids is 1. The lowest BCUT2D eigenvalue weighted by Gasteiger charge is -2.03. The quantitative estimate of drug-likeness (QED) is 0.592. The Hall–Kier alpha value is -1.83. The number of anilines is 1. The minimum atomic E-state index is -0.179. The highest BCUT2D eigenvalue weighted by Gasteiger charge is 1.96. The molecular weight excluding hydrogens is 198 g/mol. The zero-order valence-corrected chi connectivity index (χ0v) is 9.57. The zero-order chi connectivity index (χ0) is 11.8. The molecule has 0 aliphatic rings. The highest BCUT2D eigenvalue weighted by molar-refractivity contribution is 5.98. The van der Waals surface area contributed by atoms with Crippen molar-refractivity contribution in [3.8, 4) is 0 Å². The summed E-state index contributed by atoms with van der Waals surface area (Å²) in [5.74, 6) is -0.179. The van der Waals surface area contributed by atoms with E-state index in [2.05, 4.69) is 24.0 Å². The van der Waals surface area contributed by atoms with Crippen molar-refractivity contribution in [3.05, 3.63) is 54.6 Å². The van der Waals surface area contributed by atoms with E-state index in [0.717, 1.165) is 18.5 Å². The van der Waals surface area contributed by atoms with Gasteiger partial charge in [0.15, 0.2) is 0 Å². The summed E-state index contributed by atoms with van der Waals surface area (Å²) in [6, 6.07) is 7.88. The van der Waals surface area contributed by atoms with Crippen LogP contribution in [-0.2, 0) is 11.2 Å². The van der Waals surface area contributed by atoms with Gasteiger partial charge in [0.05, 0.1) is 0 Å². The van der Waals surface area contributed by atoms with Crippen molar-refractivity contribution in [2.75, 3.05) is 5.32 Å². The topological polar surface area (TPSA) is 29.1 Å². The Balaban J connectivity index is 2.53. The first kappa shape index (κ1) is 12.2. The fourth-order valence-corrected chi connectivity index (χ4v) is 1.36. The Morgan fingerprint density at radius 2 is 2.06 bits per heavy atom. The van der Waals surface area contributed by atoms with Crippen molar-refractivity contribution >= 4 is 11.6 Å². The summed E-state index contributed by atoms with van der Waals surface area (Å²) in [6.07, 6.45) is 7.54. The van der Waals surface area contributed by atoms with Gasteiger partial charge in [-0.2, -0.15) is 0 Å². The van der Waals surface area contributed by atoms with Crippen LogP contribution in [0, 0.1) is 0 Å². The average Bonchev–Trinajstić information content (AvgIpc) is 2.31. The third-order valence-corrected chi connectivity index (χ3v) is 2.24. The molecule has 1 aromatic rings. The maximum Gasteiger partial charge on any atom is 0.247 e. The Morgan fingerprint density at radius 1 is 1.38 bits per heavy atom. The Bertz CT molecular complexity index is 376. The Morgan fingerprint density at radius 3 is 2.62 bits per heavy atom. The van der Waals surface area contributed by atoms with E-state index in [1.807, 2.05) is 31.2 Å². The van der Waals surface area contributed by atoms with Gasteiger partial charge in [-0.3, -0.25) is 4.79 Å². The fraction of sp³-hybridized carbons (Fsp3) is 0.214. The molecule has 1 N–H and O–H groups in total. The smallest absolute Gasteiger partial charge is 0.247 e. The molecule has 0 saturated heterocycles.